The van der Waals surface area contributed by atoms with Gasteiger partial charge in [-0.2, -0.15) is 0 Å². The summed E-state index contributed by atoms with van der Waals surface area (Å²) in [5.41, 5.74) is 0.380. The molecule has 1 N–H and O–H groups in total. The number of benzene rings is 1. The van der Waals surface area contributed by atoms with Crippen molar-refractivity contribution in [3.63, 3.8) is 0 Å². The van der Waals surface area contributed by atoms with E-state index in [9.17, 15) is 17.6 Å². The number of halogens is 1. The molecule has 0 fully saturated rings. The van der Waals surface area contributed by atoms with Crippen molar-refractivity contribution in [2.24, 2.45) is 0 Å². The molecule has 0 heterocycles. The van der Waals surface area contributed by atoms with Crippen molar-refractivity contribution in [3.8, 4) is 0 Å². The molecule has 0 saturated carbocycles. The molecule has 1 radical (unpaired) electrons. The molecule has 0 spiro atoms. The molecule has 1 aromatic carbocycles. The standard InChI is InChI=1S/C12H15AsFO4S/c1-3-4-9(12(15)16)8-5-6-10(11(14)7-8)13-19(2,17)18/h5-7,9H,3-4H2,1-2H3,(H,15,16). The molecule has 0 aliphatic rings. The van der Waals surface area contributed by atoms with Crippen molar-refractivity contribution in [3.05, 3.63) is 29.6 Å². The predicted molar refractivity (Wildman–Crippen MR) is 71.9 cm³/mol. The van der Waals surface area contributed by atoms with Crippen molar-refractivity contribution >= 4 is 33.0 Å². The number of rotatable bonds is 6. The zero-order valence-corrected chi connectivity index (χ0v) is 13.3. The Morgan fingerprint density at radius 2 is 2.11 bits per heavy atom. The SMILES string of the molecule is CCCC(C(=O)O)c1ccc([As]S(C)(=O)=O)c(F)c1. The molecule has 0 aliphatic carbocycles. The molecule has 1 unspecified atom stereocenters. The summed E-state index contributed by atoms with van der Waals surface area (Å²) in [6.45, 7) is 1.86. The van der Waals surface area contributed by atoms with Gasteiger partial charge in [-0.15, -0.1) is 0 Å². The maximum absolute atomic E-state index is 13.8. The number of aliphatic carboxylic acids is 1. The number of carboxylic acid groups (broad SMARTS) is 1. The molecule has 105 valence electrons. The number of carboxylic acids is 1. The fourth-order valence-electron chi connectivity index (χ4n) is 1.71. The van der Waals surface area contributed by atoms with Crippen LogP contribution in [0.2, 0.25) is 0 Å². The number of hydrogen-bond acceptors (Lipinski definition) is 3. The topological polar surface area (TPSA) is 71.4 Å². The van der Waals surface area contributed by atoms with E-state index in [-0.39, 0.29) is 4.35 Å². The fourth-order valence-corrected chi connectivity index (χ4v) is 5.69. The van der Waals surface area contributed by atoms with Crippen LogP contribution in [0.25, 0.3) is 0 Å². The molecule has 7 heteroatoms. The number of hydrogen-bond donors (Lipinski definition) is 1. The van der Waals surface area contributed by atoms with Crippen LogP contribution in [0, 0.1) is 5.82 Å². The van der Waals surface area contributed by atoms with Gasteiger partial charge in [0.2, 0.25) is 0 Å². The Morgan fingerprint density at radius 1 is 1.47 bits per heavy atom. The zero-order chi connectivity index (χ0) is 14.6. The zero-order valence-electron chi connectivity index (χ0n) is 10.6. The van der Waals surface area contributed by atoms with Crippen LogP contribution in [0.5, 0.6) is 0 Å². The third-order valence-corrected chi connectivity index (χ3v) is 7.13. The van der Waals surface area contributed by atoms with E-state index in [2.05, 4.69) is 0 Å². The molecule has 0 bridgehead atoms. The van der Waals surface area contributed by atoms with Gasteiger partial charge in [-0.05, 0) is 0 Å². The first-order valence-corrected chi connectivity index (χ1v) is 10.8. The minimum absolute atomic E-state index is 0.156. The maximum atomic E-state index is 13.8. The van der Waals surface area contributed by atoms with Gasteiger partial charge < -0.3 is 0 Å². The van der Waals surface area contributed by atoms with E-state index in [0.717, 1.165) is 12.3 Å². The van der Waals surface area contributed by atoms with Gasteiger partial charge in [0.25, 0.3) is 0 Å². The van der Waals surface area contributed by atoms with Gasteiger partial charge in [0, 0.05) is 0 Å². The van der Waals surface area contributed by atoms with Gasteiger partial charge in [-0.25, -0.2) is 0 Å². The molecule has 1 rings (SSSR count). The fraction of sp³-hybridized carbons (Fsp3) is 0.417. The van der Waals surface area contributed by atoms with Gasteiger partial charge in [0.05, 0.1) is 0 Å². The Kier molecular flexibility index (Phi) is 5.56. The second kappa shape index (κ2) is 6.53. The minimum atomic E-state index is -3.22. The van der Waals surface area contributed by atoms with Gasteiger partial charge in [-0.3, -0.25) is 0 Å². The predicted octanol–water partition coefficient (Wildman–Crippen LogP) is 1.08. The van der Waals surface area contributed by atoms with Crippen LogP contribution in [0.15, 0.2) is 18.2 Å². The van der Waals surface area contributed by atoms with E-state index < -0.39 is 40.4 Å². The van der Waals surface area contributed by atoms with Crippen LogP contribution in [-0.4, -0.2) is 40.3 Å². The molecule has 0 saturated heterocycles. The van der Waals surface area contributed by atoms with Crippen LogP contribution >= 0.6 is 0 Å². The third-order valence-electron chi connectivity index (χ3n) is 2.51. The Bertz CT molecular complexity index is 571. The van der Waals surface area contributed by atoms with Gasteiger partial charge in [0.15, 0.2) is 0 Å². The molecule has 19 heavy (non-hydrogen) atoms. The van der Waals surface area contributed by atoms with Gasteiger partial charge in [0.1, 0.15) is 0 Å². The Labute approximate surface area is 117 Å². The first-order valence-electron chi connectivity index (χ1n) is 5.70. The van der Waals surface area contributed by atoms with E-state index in [4.69, 9.17) is 5.11 Å². The average molecular weight is 349 g/mol. The van der Waals surface area contributed by atoms with Gasteiger partial charge in [-0.1, -0.05) is 0 Å². The van der Waals surface area contributed by atoms with Crippen LogP contribution in [0.3, 0.4) is 0 Å². The first-order chi connectivity index (χ1) is 8.74. The Hall–Kier alpha value is -0.872. The summed E-state index contributed by atoms with van der Waals surface area (Å²) in [7, 11) is -3.22. The van der Waals surface area contributed by atoms with Crippen molar-refractivity contribution in [2.45, 2.75) is 25.7 Å². The second-order valence-corrected chi connectivity index (χ2v) is 12.2. The summed E-state index contributed by atoms with van der Waals surface area (Å²) in [5, 5.41) is 9.09. The summed E-state index contributed by atoms with van der Waals surface area (Å²) in [5.74, 6) is -2.38. The van der Waals surface area contributed by atoms with Crippen LogP contribution in [-0.2, 0) is 12.9 Å². The molecule has 1 aromatic rings. The van der Waals surface area contributed by atoms with Crippen LogP contribution in [0.1, 0.15) is 31.2 Å². The van der Waals surface area contributed by atoms with Crippen molar-refractivity contribution in [1.29, 1.82) is 0 Å². The Balaban J connectivity index is 3.07. The number of carbonyl (C=O) groups is 1. The molecule has 1 atom stereocenters. The molecule has 0 amide bonds. The van der Waals surface area contributed by atoms with Crippen molar-refractivity contribution < 1.29 is 22.7 Å². The molecular weight excluding hydrogens is 334 g/mol. The molecule has 0 aliphatic heterocycles. The second-order valence-electron chi connectivity index (χ2n) is 4.21. The summed E-state index contributed by atoms with van der Waals surface area (Å²) < 4.78 is 36.3. The monoisotopic (exact) mass is 349 g/mol. The quantitative estimate of drug-likeness (QED) is 0.781. The van der Waals surface area contributed by atoms with Crippen LogP contribution < -0.4 is 4.35 Å². The molecular formula is C12H15AsFO4S. The molecule has 4 nitrogen and oxygen atoms in total. The summed E-state index contributed by atoms with van der Waals surface area (Å²) >= 11 is -1.29. The van der Waals surface area contributed by atoms with E-state index in [0.29, 0.717) is 18.4 Å². The normalized spacial score (nSPS) is 13.8. The van der Waals surface area contributed by atoms with E-state index >= 15 is 0 Å². The average Bonchev–Trinajstić information content (AvgIpc) is 2.27. The molecule has 0 aromatic heterocycles. The Morgan fingerprint density at radius 3 is 2.53 bits per heavy atom. The van der Waals surface area contributed by atoms with Crippen molar-refractivity contribution in [2.75, 3.05) is 6.26 Å². The first kappa shape index (κ1) is 16.2. The summed E-state index contributed by atoms with van der Waals surface area (Å²) in [4.78, 5) is 11.1. The summed E-state index contributed by atoms with van der Waals surface area (Å²) in [6, 6.07) is 4.04. The summed E-state index contributed by atoms with van der Waals surface area (Å²) in [6.07, 6.45) is 2.17. The van der Waals surface area contributed by atoms with Gasteiger partial charge >= 0.3 is 117 Å². The third kappa shape index (κ3) is 4.95. The van der Waals surface area contributed by atoms with E-state index in [1.165, 1.54) is 12.1 Å². The van der Waals surface area contributed by atoms with E-state index in [1.807, 2.05) is 6.92 Å². The van der Waals surface area contributed by atoms with Crippen LogP contribution in [0.4, 0.5) is 4.39 Å². The van der Waals surface area contributed by atoms with E-state index in [1.54, 1.807) is 0 Å². The van der Waals surface area contributed by atoms with Crippen molar-refractivity contribution in [1.82, 2.24) is 0 Å².